The van der Waals surface area contributed by atoms with Gasteiger partial charge in [-0.3, -0.25) is 19.7 Å². The molecule has 1 aromatic heterocycles. The highest BCUT2D eigenvalue weighted by molar-refractivity contribution is 7.07. The number of aromatic nitrogens is 1. The molecule has 0 aliphatic rings. The van der Waals surface area contributed by atoms with Gasteiger partial charge < -0.3 is 4.98 Å². The summed E-state index contributed by atoms with van der Waals surface area (Å²) in [4.78, 5) is 36.9. The van der Waals surface area contributed by atoms with Gasteiger partial charge in [-0.1, -0.05) is 32.4 Å². The third-order valence-electron chi connectivity index (χ3n) is 3.16. The van der Waals surface area contributed by atoms with E-state index in [1.54, 1.807) is 20.8 Å². The minimum absolute atomic E-state index is 0.111. The van der Waals surface area contributed by atoms with Crippen molar-refractivity contribution in [1.82, 2.24) is 4.98 Å². The highest BCUT2D eigenvalue weighted by atomic mass is 35.5. The van der Waals surface area contributed by atoms with E-state index in [0.717, 1.165) is 11.3 Å². The molecule has 126 valence electrons. The number of carbonyl (C=O) groups excluding carboxylic acids is 1. The fraction of sp³-hybridized carbons (Fsp3) is 0.250. The molecule has 2 rings (SSSR count). The number of rotatable bonds is 3. The fourth-order valence-corrected chi connectivity index (χ4v) is 2.80. The summed E-state index contributed by atoms with van der Waals surface area (Å²) < 4.78 is 0.734. The first-order chi connectivity index (χ1) is 11.1. The minimum Gasteiger partial charge on any atom is -0.313 e. The van der Waals surface area contributed by atoms with Crippen molar-refractivity contribution in [2.24, 2.45) is 5.41 Å². The molecule has 0 aliphatic carbocycles. The second-order valence-electron chi connectivity index (χ2n) is 6.15. The van der Waals surface area contributed by atoms with E-state index in [1.165, 1.54) is 30.4 Å². The number of nitrogens with one attached hydrogen (secondary N) is 1. The quantitative estimate of drug-likeness (QED) is 0.665. The van der Waals surface area contributed by atoms with Crippen molar-refractivity contribution in [1.29, 1.82) is 0 Å². The van der Waals surface area contributed by atoms with E-state index in [-0.39, 0.29) is 17.0 Å². The van der Waals surface area contributed by atoms with Gasteiger partial charge in [-0.25, -0.2) is 0 Å². The van der Waals surface area contributed by atoms with Crippen LogP contribution in [0.1, 0.15) is 26.3 Å². The van der Waals surface area contributed by atoms with E-state index in [1.807, 2.05) is 0 Å². The number of ketones is 1. The van der Waals surface area contributed by atoms with Crippen LogP contribution in [0.4, 0.5) is 5.69 Å². The number of hydrogen-bond donors (Lipinski definition) is 1. The number of Topliss-reactive ketones (excluding diaryl/α,β-unsaturated/α-hetero) is 1. The number of nitro benzene ring substituents is 1. The Bertz CT molecular complexity index is 983. The van der Waals surface area contributed by atoms with Gasteiger partial charge in [0.25, 0.3) is 11.2 Å². The summed E-state index contributed by atoms with van der Waals surface area (Å²) in [5.74, 6) is -0.111. The summed E-state index contributed by atoms with van der Waals surface area (Å²) in [6, 6.07) is 3.99. The maximum Gasteiger partial charge on any atom is 0.270 e. The molecular formula is C16H15ClN2O4S. The largest absolute Gasteiger partial charge is 0.313 e. The molecule has 1 heterocycles. The third-order valence-corrected chi connectivity index (χ3v) is 4.47. The smallest absolute Gasteiger partial charge is 0.270 e. The highest BCUT2D eigenvalue weighted by Gasteiger charge is 2.18. The molecule has 2 aromatic rings. The number of aromatic amines is 1. The van der Waals surface area contributed by atoms with Gasteiger partial charge in [0.05, 0.1) is 14.1 Å². The topological polar surface area (TPSA) is 93.1 Å². The first kappa shape index (κ1) is 18.1. The first-order valence-electron chi connectivity index (χ1n) is 6.99. The number of nitrogens with zero attached hydrogens (tertiary/aromatic N) is 1. The van der Waals surface area contributed by atoms with Crippen LogP contribution in [0.3, 0.4) is 0 Å². The number of carbonyl (C=O) groups is 1. The Morgan fingerprint density at radius 1 is 1.38 bits per heavy atom. The number of thiazole rings is 1. The zero-order valence-corrected chi connectivity index (χ0v) is 14.8. The van der Waals surface area contributed by atoms with Gasteiger partial charge in [-0.2, -0.15) is 0 Å². The Morgan fingerprint density at radius 3 is 2.62 bits per heavy atom. The molecule has 1 N–H and O–H groups in total. The zero-order valence-electron chi connectivity index (χ0n) is 13.3. The molecule has 0 amide bonds. The van der Waals surface area contributed by atoms with E-state index in [2.05, 4.69) is 4.98 Å². The van der Waals surface area contributed by atoms with E-state index in [9.17, 15) is 19.7 Å². The molecule has 0 spiro atoms. The molecule has 0 saturated carbocycles. The van der Waals surface area contributed by atoms with Crippen LogP contribution in [-0.4, -0.2) is 15.7 Å². The van der Waals surface area contributed by atoms with E-state index >= 15 is 0 Å². The molecule has 0 fully saturated rings. The molecule has 6 nitrogen and oxygen atoms in total. The molecule has 0 atom stereocenters. The molecule has 0 bridgehead atoms. The maximum atomic E-state index is 12.0. The van der Waals surface area contributed by atoms with E-state index in [0.29, 0.717) is 19.8 Å². The van der Waals surface area contributed by atoms with Gasteiger partial charge in [0.2, 0.25) is 0 Å². The molecule has 0 unspecified atom stereocenters. The van der Waals surface area contributed by atoms with Crippen LogP contribution in [0.15, 0.2) is 23.0 Å². The summed E-state index contributed by atoms with van der Waals surface area (Å²) >= 11 is 7.12. The van der Waals surface area contributed by atoms with Crippen LogP contribution < -0.4 is 14.8 Å². The Morgan fingerprint density at radius 2 is 2.04 bits per heavy atom. The van der Waals surface area contributed by atoms with Crippen molar-refractivity contribution in [2.75, 3.05) is 0 Å². The predicted octanol–water partition coefficient (Wildman–Crippen LogP) is 2.22. The van der Waals surface area contributed by atoms with Gasteiger partial charge in [-0.15, -0.1) is 11.3 Å². The summed E-state index contributed by atoms with van der Waals surface area (Å²) in [6.45, 7) is 5.36. The lowest BCUT2D eigenvalue weighted by atomic mass is 9.91. The fourth-order valence-electron chi connectivity index (χ4n) is 1.76. The number of halogens is 1. The Balaban J connectivity index is 2.55. The summed E-state index contributed by atoms with van der Waals surface area (Å²) in [6.07, 6.45) is 2.86. The van der Waals surface area contributed by atoms with Crippen LogP contribution in [0.5, 0.6) is 0 Å². The second-order valence-corrected chi connectivity index (χ2v) is 7.64. The normalized spacial score (nSPS) is 13.3. The van der Waals surface area contributed by atoms with Gasteiger partial charge in [0.15, 0.2) is 5.78 Å². The van der Waals surface area contributed by atoms with Crippen molar-refractivity contribution < 1.29 is 9.72 Å². The van der Waals surface area contributed by atoms with Gasteiger partial charge in [-0.05, 0) is 12.1 Å². The standard InChI is InChI=1S/C16H15ClN2O4S/c1-16(2,3)13(20)8-14-18-15(21)12(24-14)7-9-6-10(19(22)23)4-5-11(9)17/h4-8H,1-3H3,(H,18,21)/b12-7-,14-8+. The number of benzene rings is 1. The summed E-state index contributed by atoms with van der Waals surface area (Å²) in [5.41, 5.74) is -0.676. The number of nitro groups is 1. The Hall–Kier alpha value is -2.25. The average molecular weight is 367 g/mol. The minimum atomic E-state index is -0.548. The Kier molecular flexibility index (Phi) is 5.05. The number of hydrogen-bond acceptors (Lipinski definition) is 5. The molecule has 0 aliphatic heterocycles. The lowest BCUT2D eigenvalue weighted by Crippen LogP contribution is -2.22. The van der Waals surface area contributed by atoms with Crippen LogP contribution >= 0.6 is 22.9 Å². The zero-order chi connectivity index (χ0) is 18.1. The average Bonchev–Trinajstić information content (AvgIpc) is 2.79. The summed E-state index contributed by atoms with van der Waals surface area (Å²) in [7, 11) is 0. The lowest BCUT2D eigenvalue weighted by Gasteiger charge is -2.12. The van der Waals surface area contributed by atoms with Crippen molar-refractivity contribution >= 4 is 46.6 Å². The summed E-state index contributed by atoms with van der Waals surface area (Å²) in [5, 5.41) is 11.1. The van der Waals surface area contributed by atoms with Gasteiger partial charge >= 0.3 is 0 Å². The predicted molar refractivity (Wildman–Crippen MR) is 94.8 cm³/mol. The molecular weight excluding hydrogens is 352 g/mol. The number of H-pyrrole nitrogens is 1. The second kappa shape index (κ2) is 6.70. The maximum absolute atomic E-state index is 12.0. The number of non-ortho nitro benzene ring substituents is 1. The van der Waals surface area contributed by atoms with Crippen molar-refractivity contribution in [3.63, 3.8) is 0 Å². The van der Waals surface area contributed by atoms with E-state index in [4.69, 9.17) is 11.6 Å². The first-order valence-corrected chi connectivity index (χ1v) is 8.18. The monoisotopic (exact) mass is 366 g/mol. The molecule has 0 saturated heterocycles. The Labute approximate surface area is 146 Å². The molecule has 8 heteroatoms. The van der Waals surface area contributed by atoms with Crippen molar-refractivity contribution in [3.8, 4) is 0 Å². The van der Waals surface area contributed by atoms with Crippen LogP contribution in [-0.2, 0) is 4.79 Å². The molecule has 24 heavy (non-hydrogen) atoms. The van der Waals surface area contributed by atoms with Crippen molar-refractivity contribution in [3.05, 3.63) is 58.4 Å². The van der Waals surface area contributed by atoms with Crippen LogP contribution in [0, 0.1) is 15.5 Å². The molecule has 0 radical (unpaired) electrons. The van der Waals surface area contributed by atoms with Crippen LogP contribution in [0.25, 0.3) is 12.2 Å². The highest BCUT2D eigenvalue weighted by Crippen LogP contribution is 2.22. The van der Waals surface area contributed by atoms with Crippen molar-refractivity contribution in [2.45, 2.75) is 20.8 Å². The lowest BCUT2D eigenvalue weighted by molar-refractivity contribution is -0.384. The van der Waals surface area contributed by atoms with Gasteiger partial charge in [0, 0.05) is 34.2 Å². The van der Waals surface area contributed by atoms with Crippen LogP contribution in [0.2, 0.25) is 5.02 Å². The SMILES string of the molecule is CC(C)(C)C(=O)/C=c1\[nH]c(=O)/c(=C/c2cc([N+](=O)[O-])ccc2Cl)s1. The van der Waals surface area contributed by atoms with E-state index < -0.39 is 10.3 Å². The third kappa shape index (κ3) is 4.18. The molecule has 1 aromatic carbocycles. The van der Waals surface area contributed by atoms with Gasteiger partial charge in [0.1, 0.15) is 0 Å².